The highest BCUT2D eigenvalue weighted by Gasteiger charge is 2.36. The summed E-state index contributed by atoms with van der Waals surface area (Å²) in [6, 6.07) is 3.64. The molecule has 0 N–H and O–H groups in total. The molecule has 1 aromatic rings. The molecule has 0 radical (unpaired) electrons. The maximum absolute atomic E-state index is 12.9. The summed E-state index contributed by atoms with van der Waals surface area (Å²) >= 11 is 3.14. The second kappa shape index (κ2) is 5.56. The molecular formula is C13H14BrF3OS. The van der Waals surface area contributed by atoms with E-state index < -0.39 is 22.5 Å². The van der Waals surface area contributed by atoms with Gasteiger partial charge in [-0.2, -0.15) is 13.2 Å². The molecule has 1 unspecified atom stereocenters. The average Bonchev–Trinajstić information content (AvgIpc) is 2.25. The molecule has 1 fully saturated rings. The molecule has 0 bridgehead atoms. The average molecular weight is 355 g/mol. The molecule has 19 heavy (non-hydrogen) atoms. The summed E-state index contributed by atoms with van der Waals surface area (Å²) in [7, 11) is -1.60. The molecule has 106 valence electrons. The van der Waals surface area contributed by atoms with Crippen LogP contribution in [0.15, 0.2) is 27.6 Å². The Hall–Kier alpha value is -0.360. The van der Waals surface area contributed by atoms with Gasteiger partial charge in [-0.15, -0.1) is 0 Å². The van der Waals surface area contributed by atoms with Crippen molar-refractivity contribution in [2.75, 3.05) is 5.75 Å². The van der Waals surface area contributed by atoms with Gasteiger partial charge in [0.25, 0.3) is 0 Å². The number of hydrogen-bond acceptors (Lipinski definition) is 1. The van der Waals surface area contributed by atoms with Gasteiger partial charge in [0, 0.05) is 10.2 Å². The smallest absolute Gasteiger partial charge is 0.254 e. The monoisotopic (exact) mass is 354 g/mol. The predicted molar refractivity (Wildman–Crippen MR) is 72.3 cm³/mol. The molecule has 1 aliphatic carbocycles. The Morgan fingerprint density at radius 2 is 2.00 bits per heavy atom. The zero-order chi connectivity index (χ0) is 14.2. The van der Waals surface area contributed by atoms with E-state index >= 15 is 0 Å². The third kappa shape index (κ3) is 3.60. The fourth-order valence-corrected chi connectivity index (χ4v) is 4.51. The van der Waals surface area contributed by atoms with Gasteiger partial charge in [0.1, 0.15) is 0 Å². The van der Waals surface area contributed by atoms with Crippen LogP contribution in [0.2, 0.25) is 0 Å². The van der Waals surface area contributed by atoms with Gasteiger partial charge in [-0.25, -0.2) is 0 Å². The molecule has 1 saturated carbocycles. The van der Waals surface area contributed by atoms with Gasteiger partial charge in [0.2, 0.25) is 0 Å². The van der Waals surface area contributed by atoms with E-state index in [-0.39, 0.29) is 10.8 Å². The van der Waals surface area contributed by atoms with Crippen molar-refractivity contribution >= 4 is 26.7 Å². The molecule has 1 nitrogen and oxygen atoms in total. The van der Waals surface area contributed by atoms with Crippen molar-refractivity contribution in [1.29, 1.82) is 0 Å². The van der Waals surface area contributed by atoms with Crippen LogP contribution in [-0.2, 0) is 17.0 Å². The van der Waals surface area contributed by atoms with Crippen LogP contribution in [0.5, 0.6) is 0 Å². The van der Waals surface area contributed by atoms with Crippen molar-refractivity contribution in [3.8, 4) is 0 Å². The third-order valence-corrected chi connectivity index (χ3v) is 5.45. The number of hydrogen-bond donors (Lipinski definition) is 0. The molecule has 1 aliphatic rings. The molecule has 0 heterocycles. The van der Waals surface area contributed by atoms with E-state index in [1.165, 1.54) is 12.1 Å². The molecule has 1 aromatic carbocycles. The number of rotatable bonds is 3. The lowest BCUT2D eigenvalue weighted by atomic mass is 9.77. The first-order chi connectivity index (χ1) is 8.77. The summed E-state index contributed by atoms with van der Waals surface area (Å²) in [6.45, 7) is 2.10. The topological polar surface area (TPSA) is 17.1 Å². The Labute approximate surface area is 121 Å². The first-order valence-corrected chi connectivity index (χ1v) is 8.13. The van der Waals surface area contributed by atoms with Crippen LogP contribution in [0.1, 0.15) is 25.3 Å². The van der Waals surface area contributed by atoms with Crippen LogP contribution >= 0.6 is 15.9 Å². The maximum Gasteiger partial charge on any atom is 0.417 e. The van der Waals surface area contributed by atoms with Gasteiger partial charge in [0.05, 0.1) is 21.3 Å². The Kier molecular flexibility index (Phi) is 4.40. The summed E-state index contributed by atoms with van der Waals surface area (Å²) in [5.41, 5.74) is -0.790. The number of alkyl halides is 3. The molecule has 0 aliphatic heterocycles. The molecule has 0 spiro atoms. The van der Waals surface area contributed by atoms with Crippen LogP contribution in [0.3, 0.4) is 0 Å². The zero-order valence-corrected chi connectivity index (χ0v) is 12.7. The molecular weight excluding hydrogens is 341 g/mol. The van der Waals surface area contributed by atoms with E-state index in [0.717, 1.165) is 18.9 Å². The quantitative estimate of drug-likeness (QED) is 0.773. The minimum absolute atomic E-state index is 0.110. The zero-order valence-electron chi connectivity index (χ0n) is 10.3. The Bertz CT molecular complexity index is 495. The van der Waals surface area contributed by atoms with Crippen LogP contribution in [-0.4, -0.2) is 9.96 Å². The minimum Gasteiger partial charge on any atom is -0.254 e. The SMILES string of the molecule is CC1CC(CS(=O)c2cc(Br)ccc2C(F)(F)F)C1. The molecule has 6 heteroatoms. The highest BCUT2D eigenvalue weighted by molar-refractivity contribution is 9.10. The number of benzene rings is 1. The lowest BCUT2D eigenvalue weighted by Crippen LogP contribution is -2.26. The van der Waals surface area contributed by atoms with Crippen molar-refractivity contribution in [3.63, 3.8) is 0 Å². The van der Waals surface area contributed by atoms with Gasteiger partial charge in [0.15, 0.2) is 0 Å². The van der Waals surface area contributed by atoms with Gasteiger partial charge in [-0.1, -0.05) is 22.9 Å². The first kappa shape index (κ1) is 15.0. The van der Waals surface area contributed by atoms with Gasteiger partial charge in [-0.3, -0.25) is 4.21 Å². The summed E-state index contributed by atoms with van der Waals surface area (Å²) in [6.07, 6.45) is -2.54. The Morgan fingerprint density at radius 3 is 2.53 bits per heavy atom. The van der Waals surface area contributed by atoms with Gasteiger partial charge >= 0.3 is 6.18 Å². The van der Waals surface area contributed by atoms with Crippen LogP contribution in [0, 0.1) is 11.8 Å². The highest BCUT2D eigenvalue weighted by atomic mass is 79.9. The first-order valence-electron chi connectivity index (χ1n) is 6.02. The summed E-state index contributed by atoms with van der Waals surface area (Å²) < 4.78 is 51.3. The minimum atomic E-state index is -4.46. The molecule has 2 rings (SSSR count). The van der Waals surface area contributed by atoms with Crippen LogP contribution < -0.4 is 0 Å². The maximum atomic E-state index is 12.9. The summed E-state index contributed by atoms with van der Waals surface area (Å²) in [5, 5.41) is 0. The van der Waals surface area contributed by atoms with Crippen molar-refractivity contribution < 1.29 is 17.4 Å². The fourth-order valence-electron chi connectivity index (χ4n) is 2.43. The largest absolute Gasteiger partial charge is 0.417 e. The van der Waals surface area contributed by atoms with Crippen LogP contribution in [0.4, 0.5) is 13.2 Å². The van der Waals surface area contributed by atoms with E-state index in [1.807, 2.05) is 0 Å². The van der Waals surface area contributed by atoms with Crippen molar-refractivity contribution in [2.45, 2.75) is 30.8 Å². The fraction of sp³-hybridized carbons (Fsp3) is 0.538. The number of halogens is 4. The van der Waals surface area contributed by atoms with E-state index in [2.05, 4.69) is 22.9 Å². The van der Waals surface area contributed by atoms with Crippen LogP contribution in [0.25, 0.3) is 0 Å². The molecule has 0 aromatic heterocycles. The second-order valence-corrected chi connectivity index (χ2v) is 7.47. The Balaban J connectivity index is 2.22. The van der Waals surface area contributed by atoms with E-state index in [1.54, 1.807) is 0 Å². The van der Waals surface area contributed by atoms with Crippen molar-refractivity contribution in [3.05, 3.63) is 28.2 Å². The van der Waals surface area contributed by atoms with Gasteiger partial charge in [-0.05, 0) is 42.9 Å². The highest BCUT2D eigenvalue weighted by Crippen LogP contribution is 2.38. The van der Waals surface area contributed by atoms with E-state index in [9.17, 15) is 17.4 Å². The lowest BCUT2D eigenvalue weighted by Gasteiger charge is -2.32. The second-order valence-electron chi connectivity index (χ2n) is 5.09. The third-order valence-electron chi connectivity index (χ3n) is 3.35. The van der Waals surface area contributed by atoms with E-state index in [0.29, 0.717) is 16.1 Å². The summed E-state index contributed by atoms with van der Waals surface area (Å²) in [5.74, 6) is 1.21. The normalized spacial score (nSPS) is 24.9. The standard InChI is InChI=1S/C13H14BrF3OS/c1-8-4-9(5-8)7-19(18)12-6-10(14)2-3-11(12)13(15,16)17/h2-3,6,8-9H,4-5,7H2,1H3. The molecule has 0 saturated heterocycles. The lowest BCUT2D eigenvalue weighted by molar-refractivity contribution is -0.139. The van der Waals surface area contributed by atoms with Crippen molar-refractivity contribution in [1.82, 2.24) is 0 Å². The molecule has 0 amide bonds. The van der Waals surface area contributed by atoms with Crippen molar-refractivity contribution in [2.24, 2.45) is 11.8 Å². The van der Waals surface area contributed by atoms with E-state index in [4.69, 9.17) is 0 Å². The van der Waals surface area contributed by atoms with Gasteiger partial charge < -0.3 is 0 Å². The summed E-state index contributed by atoms with van der Waals surface area (Å²) in [4.78, 5) is -0.110. The Morgan fingerprint density at radius 1 is 1.37 bits per heavy atom. The molecule has 1 atom stereocenters. The predicted octanol–water partition coefficient (Wildman–Crippen LogP) is 4.62.